The van der Waals surface area contributed by atoms with Crippen LogP contribution in [0.3, 0.4) is 0 Å². The Labute approximate surface area is 106 Å². The second-order valence-electron chi connectivity index (χ2n) is 6.68. The third kappa shape index (κ3) is 2.53. The fourth-order valence-electron chi connectivity index (χ4n) is 4.00. The Balaban J connectivity index is 1.61. The molecule has 3 rings (SSSR count). The molecule has 1 saturated heterocycles. The lowest BCUT2D eigenvalue weighted by atomic mass is 9.94. The van der Waals surface area contributed by atoms with E-state index in [1.54, 1.807) is 0 Å². The number of rotatable bonds is 3. The molecule has 1 aliphatic heterocycles. The SMILES string of the molecule is CC1CNC(C2CC2)CN1C(C)C1CCCC1. The molecule has 0 radical (unpaired) electrons. The average Bonchev–Trinajstić information content (AvgIpc) is 3.04. The number of hydrogen-bond donors (Lipinski definition) is 1. The molecule has 0 bridgehead atoms. The smallest absolute Gasteiger partial charge is 0.0224 e. The first-order valence-corrected chi connectivity index (χ1v) is 7.75. The zero-order valence-corrected chi connectivity index (χ0v) is 11.5. The van der Waals surface area contributed by atoms with Gasteiger partial charge in [0.05, 0.1) is 0 Å². The van der Waals surface area contributed by atoms with Crippen LogP contribution >= 0.6 is 0 Å². The van der Waals surface area contributed by atoms with Crippen molar-refractivity contribution in [2.24, 2.45) is 11.8 Å². The molecule has 0 aromatic heterocycles. The highest BCUT2D eigenvalue weighted by atomic mass is 15.3. The van der Waals surface area contributed by atoms with E-state index in [1.807, 2.05) is 0 Å². The van der Waals surface area contributed by atoms with Gasteiger partial charge >= 0.3 is 0 Å². The van der Waals surface area contributed by atoms with Crippen molar-refractivity contribution in [3.05, 3.63) is 0 Å². The van der Waals surface area contributed by atoms with Crippen molar-refractivity contribution in [2.45, 2.75) is 70.5 Å². The predicted molar refractivity (Wildman–Crippen MR) is 72.1 cm³/mol. The summed E-state index contributed by atoms with van der Waals surface area (Å²) in [5.41, 5.74) is 0. The highest BCUT2D eigenvalue weighted by Gasteiger charge is 2.38. The van der Waals surface area contributed by atoms with E-state index >= 15 is 0 Å². The molecule has 1 heterocycles. The van der Waals surface area contributed by atoms with Crippen molar-refractivity contribution < 1.29 is 0 Å². The number of nitrogens with one attached hydrogen (secondary N) is 1. The van der Waals surface area contributed by atoms with Gasteiger partial charge in [-0.1, -0.05) is 12.8 Å². The first-order valence-electron chi connectivity index (χ1n) is 7.75. The van der Waals surface area contributed by atoms with E-state index in [2.05, 4.69) is 24.1 Å². The third-order valence-electron chi connectivity index (χ3n) is 5.45. The molecule has 1 N–H and O–H groups in total. The zero-order chi connectivity index (χ0) is 11.8. The molecule has 0 amide bonds. The molecule has 2 nitrogen and oxygen atoms in total. The number of nitrogens with zero attached hydrogens (tertiary/aromatic N) is 1. The van der Waals surface area contributed by atoms with Gasteiger partial charge in [0.1, 0.15) is 0 Å². The van der Waals surface area contributed by atoms with Gasteiger partial charge in [0, 0.05) is 31.2 Å². The maximum absolute atomic E-state index is 3.76. The summed E-state index contributed by atoms with van der Waals surface area (Å²) in [4.78, 5) is 2.81. The molecule has 0 aromatic rings. The summed E-state index contributed by atoms with van der Waals surface area (Å²) in [5, 5.41) is 3.76. The molecule has 0 spiro atoms. The maximum Gasteiger partial charge on any atom is 0.0224 e. The Morgan fingerprint density at radius 2 is 1.82 bits per heavy atom. The van der Waals surface area contributed by atoms with Crippen LogP contribution in [-0.2, 0) is 0 Å². The third-order valence-corrected chi connectivity index (χ3v) is 5.45. The second-order valence-corrected chi connectivity index (χ2v) is 6.68. The van der Waals surface area contributed by atoms with Crippen LogP contribution in [0.2, 0.25) is 0 Å². The Kier molecular flexibility index (Phi) is 3.45. The highest BCUT2D eigenvalue weighted by Crippen LogP contribution is 2.36. The van der Waals surface area contributed by atoms with Crippen LogP contribution in [0, 0.1) is 11.8 Å². The standard InChI is InChI=1S/C15H28N2/c1-11-9-16-15(14-7-8-14)10-17(11)12(2)13-5-3-4-6-13/h11-16H,3-10H2,1-2H3. The van der Waals surface area contributed by atoms with Crippen LogP contribution in [0.5, 0.6) is 0 Å². The summed E-state index contributed by atoms with van der Waals surface area (Å²) < 4.78 is 0. The molecular formula is C15H28N2. The molecule has 2 heteroatoms. The highest BCUT2D eigenvalue weighted by molar-refractivity contribution is 4.96. The van der Waals surface area contributed by atoms with E-state index in [4.69, 9.17) is 0 Å². The number of piperazine rings is 1. The fraction of sp³-hybridized carbons (Fsp3) is 1.00. The fourth-order valence-corrected chi connectivity index (χ4v) is 4.00. The van der Waals surface area contributed by atoms with E-state index in [1.165, 1.54) is 51.6 Å². The molecule has 3 aliphatic rings. The Hall–Kier alpha value is -0.0800. The van der Waals surface area contributed by atoms with Crippen molar-refractivity contribution in [1.29, 1.82) is 0 Å². The molecule has 3 atom stereocenters. The van der Waals surface area contributed by atoms with Gasteiger partial charge in [-0.15, -0.1) is 0 Å². The first kappa shape index (κ1) is 12.0. The minimum atomic E-state index is 0.737. The molecule has 3 unspecified atom stereocenters. The summed E-state index contributed by atoms with van der Waals surface area (Å²) in [7, 11) is 0. The Morgan fingerprint density at radius 1 is 1.12 bits per heavy atom. The second kappa shape index (κ2) is 4.89. The van der Waals surface area contributed by atoms with Gasteiger partial charge < -0.3 is 5.32 Å². The van der Waals surface area contributed by atoms with Crippen molar-refractivity contribution in [2.75, 3.05) is 13.1 Å². The van der Waals surface area contributed by atoms with E-state index in [0.717, 1.165) is 30.0 Å². The van der Waals surface area contributed by atoms with Crippen molar-refractivity contribution in [3.8, 4) is 0 Å². The van der Waals surface area contributed by atoms with Crippen LogP contribution in [0.15, 0.2) is 0 Å². The maximum atomic E-state index is 3.76. The van der Waals surface area contributed by atoms with Crippen LogP contribution < -0.4 is 5.32 Å². The average molecular weight is 236 g/mol. The summed E-state index contributed by atoms with van der Waals surface area (Å²) in [5.74, 6) is 1.98. The van der Waals surface area contributed by atoms with Gasteiger partial charge in [-0.2, -0.15) is 0 Å². The van der Waals surface area contributed by atoms with Gasteiger partial charge in [0.15, 0.2) is 0 Å². The van der Waals surface area contributed by atoms with E-state index in [-0.39, 0.29) is 0 Å². The molecular weight excluding hydrogens is 208 g/mol. The van der Waals surface area contributed by atoms with Crippen molar-refractivity contribution in [1.82, 2.24) is 10.2 Å². The van der Waals surface area contributed by atoms with Crippen molar-refractivity contribution in [3.63, 3.8) is 0 Å². The van der Waals surface area contributed by atoms with Gasteiger partial charge in [0.25, 0.3) is 0 Å². The molecule has 2 aliphatic carbocycles. The summed E-state index contributed by atoms with van der Waals surface area (Å²) in [6, 6.07) is 2.35. The summed E-state index contributed by atoms with van der Waals surface area (Å²) in [6.45, 7) is 7.41. The Bertz CT molecular complexity index is 256. The Morgan fingerprint density at radius 3 is 2.47 bits per heavy atom. The summed E-state index contributed by atoms with van der Waals surface area (Å²) in [6.07, 6.45) is 8.84. The minimum absolute atomic E-state index is 0.737. The monoisotopic (exact) mass is 236 g/mol. The van der Waals surface area contributed by atoms with E-state index in [9.17, 15) is 0 Å². The van der Waals surface area contributed by atoms with Crippen LogP contribution in [0.25, 0.3) is 0 Å². The zero-order valence-electron chi connectivity index (χ0n) is 11.5. The van der Waals surface area contributed by atoms with Crippen LogP contribution in [0.4, 0.5) is 0 Å². The molecule has 2 saturated carbocycles. The lowest BCUT2D eigenvalue weighted by Gasteiger charge is -2.44. The molecule has 3 fully saturated rings. The van der Waals surface area contributed by atoms with Gasteiger partial charge in [-0.3, -0.25) is 4.90 Å². The topological polar surface area (TPSA) is 15.3 Å². The first-order chi connectivity index (χ1) is 8.25. The number of hydrogen-bond acceptors (Lipinski definition) is 2. The minimum Gasteiger partial charge on any atom is -0.311 e. The van der Waals surface area contributed by atoms with Gasteiger partial charge in [-0.25, -0.2) is 0 Å². The van der Waals surface area contributed by atoms with Crippen LogP contribution in [-0.4, -0.2) is 36.1 Å². The van der Waals surface area contributed by atoms with Crippen LogP contribution in [0.1, 0.15) is 52.4 Å². The van der Waals surface area contributed by atoms with E-state index in [0.29, 0.717) is 0 Å². The lowest BCUT2D eigenvalue weighted by molar-refractivity contribution is 0.0643. The molecule has 17 heavy (non-hydrogen) atoms. The lowest BCUT2D eigenvalue weighted by Crippen LogP contribution is -2.59. The van der Waals surface area contributed by atoms with Gasteiger partial charge in [0.2, 0.25) is 0 Å². The normalized spacial score (nSPS) is 38.5. The largest absolute Gasteiger partial charge is 0.311 e. The predicted octanol–water partition coefficient (Wildman–Crippen LogP) is 2.64. The molecule has 98 valence electrons. The summed E-state index contributed by atoms with van der Waals surface area (Å²) >= 11 is 0. The van der Waals surface area contributed by atoms with E-state index < -0.39 is 0 Å². The quantitative estimate of drug-likeness (QED) is 0.810. The molecule has 0 aromatic carbocycles. The van der Waals surface area contributed by atoms with Gasteiger partial charge in [-0.05, 0) is 51.4 Å². The van der Waals surface area contributed by atoms with Crippen molar-refractivity contribution >= 4 is 0 Å².